The summed E-state index contributed by atoms with van der Waals surface area (Å²) in [5.41, 5.74) is 4.77. The van der Waals surface area contributed by atoms with Gasteiger partial charge in [0, 0.05) is 0 Å². The van der Waals surface area contributed by atoms with Crippen LogP contribution in [-0.2, 0) is 4.79 Å². The molecule has 2 nitrogen and oxygen atoms in total. The molecule has 0 saturated heterocycles. The number of ether oxygens (including phenoxy) is 1. The SMILES string of the molecule is O=CCOc1ccc(-c2ccc(-c3ccsc3)cc2)cc1. The summed E-state index contributed by atoms with van der Waals surface area (Å²) in [4.78, 5) is 10.3. The van der Waals surface area contributed by atoms with Gasteiger partial charge in [0.1, 0.15) is 12.4 Å². The Morgan fingerprint density at radius 2 is 1.38 bits per heavy atom. The van der Waals surface area contributed by atoms with Crippen molar-refractivity contribution in [1.82, 2.24) is 0 Å². The first-order valence-electron chi connectivity index (χ1n) is 6.66. The Labute approximate surface area is 127 Å². The zero-order valence-corrected chi connectivity index (χ0v) is 12.2. The lowest BCUT2D eigenvalue weighted by Crippen LogP contribution is -1.97. The minimum absolute atomic E-state index is 0.0919. The number of hydrogen-bond acceptors (Lipinski definition) is 3. The first-order chi connectivity index (χ1) is 10.4. The van der Waals surface area contributed by atoms with Gasteiger partial charge in [0.25, 0.3) is 0 Å². The van der Waals surface area contributed by atoms with Crippen molar-refractivity contribution in [3.63, 3.8) is 0 Å². The summed E-state index contributed by atoms with van der Waals surface area (Å²) >= 11 is 1.70. The summed E-state index contributed by atoms with van der Waals surface area (Å²) in [6, 6.07) is 18.4. The number of carbonyl (C=O) groups excluding carboxylic acids is 1. The highest BCUT2D eigenvalue weighted by molar-refractivity contribution is 7.08. The van der Waals surface area contributed by atoms with E-state index in [-0.39, 0.29) is 6.61 Å². The molecule has 0 atom stereocenters. The largest absolute Gasteiger partial charge is 0.486 e. The number of hydrogen-bond donors (Lipinski definition) is 0. The molecule has 0 bridgehead atoms. The number of aldehydes is 1. The Kier molecular flexibility index (Phi) is 4.12. The van der Waals surface area contributed by atoms with Gasteiger partial charge in [0.05, 0.1) is 0 Å². The van der Waals surface area contributed by atoms with Crippen LogP contribution >= 0.6 is 11.3 Å². The highest BCUT2D eigenvalue weighted by Gasteiger charge is 2.01. The Hall–Kier alpha value is -2.39. The van der Waals surface area contributed by atoms with Crippen LogP contribution in [0.15, 0.2) is 65.4 Å². The predicted molar refractivity (Wildman–Crippen MR) is 86.8 cm³/mol. The lowest BCUT2D eigenvalue weighted by Gasteiger charge is -2.06. The fourth-order valence-electron chi connectivity index (χ4n) is 2.16. The molecule has 0 N–H and O–H groups in total. The van der Waals surface area contributed by atoms with Crippen LogP contribution in [0.1, 0.15) is 0 Å². The van der Waals surface area contributed by atoms with Gasteiger partial charge >= 0.3 is 0 Å². The Bertz CT molecular complexity index is 698. The summed E-state index contributed by atoms with van der Waals surface area (Å²) in [7, 11) is 0. The maximum atomic E-state index is 10.3. The van der Waals surface area contributed by atoms with Crippen LogP contribution in [-0.4, -0.2) is 12.9 Å². The summed E-state index contributed by atoms with van der Waals surface area (Å²) in [6.07, 6.45) is 0.747. The van der Waals surface area contributed by atoms with E-state index in [9.17, 15) is 4.79 Å². The van der Waals surface area contributed by atoms with Crippen molar-refractivity contribution >= 4 is 17.6 Å². The molecule has 0 unspecified atom stereocenters. The molecule has 0 saturated carbocycles. The normalized spacial score (nSPS) is 10.3. The van der Waals surface area contributed by atoms with Crippen molar-refractivity contribution in [2.75, 3.05) is 6.61 Å². The molecule has 1 heterocycles. The molecule has 0 fully saturated rings. The third kappa shape index (κ3) is 3.20. The minimum Gasteiger partial charge on any atom is -0.486 e. The van der Waals surface area contributed by atoms with Crippen LogP contribution in [0.5, 0.6) is 5.75 Å². The highest BCUT2D eigenvalue weighted by Crippen LogP contribution is 2.27. The zero-order valence-electron chi connectivity index (χ0n) is 11.4. The van der Waals surface area contributed by atoms with E-state index >= 15 is 0 Å². The monoisotopic (exact) mass is 294 g/mol. The van der Waals surface area contributed by atoms with Gasteiger partial charge in [-0.15, -0.1) is 0 Å². The minimum atomic E-state index is 0.0919. The molecule has 3 heteroatoms. The van der Waals surface area contributed by atoms with E-state index in [1.807, 2.05) is 24.3 Å². The Morgan fingerprint density at radius 3 is 1.90 bits per heavy atom. The van der Waals surface area contributed by atoms with Crippen molar-refractivity contribution in [1.29, 1.82) is 0 Å². The van der Waals surface area contributed by atoms with E-state index in [1.54, 1.807) is 11.3 Å². The third-order valence-electron chi connectivity index (χ3n) is 3.25. The second kappa shape index (κ2) is 6.37. The molecule has 2 aromatic carbocycles. The van der Waals surface area contributed by atoms with Crippen molar-refractivity contribution in [2.24, 2.45) is 0 Å². The Morgan fingerprint density at radius 1 is 0.810 bits per heavy atom. The second-order valence-electron chi connectivity index (χ2n) is 4.59. The molecule has 0 radical (unpaired) electrons. The first-order valence-corrected chi connectivity index (χ1v) is 7.60. The number of benzene rings is 2. The van der Waals surface area contributed by atoms with Gasteiger partial charge in [-0.25, -0.2) is 0 Å². The van der Waals surface area contributed by atoms with Gasteiger partial charge in [0.15, 0.2) is 6.29 Å². The van der Waals surface area contributed by atoms with E-state index in [1.165, 1.54) is 11.1 Å². The molecule has 1 aromatic heterocycles. The first kappa shape index (κ1) is 13.6. The van der Waals surface area contributed by atoms with Crippen LogP contribution in [0.2, 0.25) is 0 Å². The molecule has 0 spiro atoms. The van der Waals surface area contributed by atoms with Crippen LogP contribution in [0.4, 0.5) is 0 Å². The summed E-state index contributed by atoms with van der Waals surface area (Å²) in [6.45, 7) is 0.0919. The highest BCUT2D eigenvalue weighted by atomic mass is 32.1. The fraction of sp³-hybridized carbons (Fsp3) is 0.0556. The van der Waals surface area contributed by atoms with Crippen LogP contribution in [0, 0.1) is 0 Å². The second-order valence-corrected chi connectivity index (χ2v) is 5.37. The molecule has 0 amide bonds. The predicted octanol–water partition coefficient (Wildman–Crippen LogP) is 4.66. The molecule has 0 aliphatic rings. The van der Waals surface area contributed by atoms with Gasteiger partial charge in [-0.2, -0.15) is 11.3 Å². The zero-order chi connectivity index (χ0) is 14.5. The smallest absolute Gasteiger partial charge is 0.157 e. The number of rotatable bonds is 5. The maximum absolute atomic E-state index is 10.3. The number of thiophene rings is 1. The van der Waals surface area contributed by atoms with E-state index in [4.69, 9.17) is 4.74 Å². The lowest BCUT2D eigenvalue weighted by molar-refractivity contribution is -0.109. The van der Waals surface area contributed by atoms with Gasteiger partial charge in [-0.1, -0.05) is 36.4 Å². The van der Waals surface area contributed by atoms with E-state index in [2.05, 4.69) is 41.1 Å². The topological polar surface area (TPSA) is 26.3 Å². The van der Waals surface area contributed by atoms with Crippen LogP contribution < -0.4 is 4.74 Å². The standard InChI is InChI=1S/C18H14O2S/c19-10-11-20-18-7-5-15(6-8-18)14-1-3-16(4-2-14)17-9-12-21-13-17/h1-10,12-13H,11H2. The van der Waals surface area contributed by atoms with Crippen molar-refractivity contribution in [2.45, 2.75) is 0 Å². The Balaban J connectivity index is 1.79. The molecular weight excluding hydrogens is 280 g/mol. The molecule has 104 valence electrons. The molecule has 21 heavy (non-hydrogen) atoms. The molecule has 0 aliphatic carbocycles. The van der Waals surface area contributed by atoms with Crippen molar-refractivity contribution < 1.29 is 9.53 Å². The molecule has 0 aliphatic heterocycles. The summed E-state index contributed by atoms with van der Waals surface area (Å²) < 4.78 is 5.25. The maximum Gasteiger partial charge on any atom is 0.157 e. The summed E-state index contributed by atoms with van der Waals surface area (Å²) in [5.74, 6) is 0.709. The lowest BCUT2D eigenvalue weighted by atomic mass is 10.0. The average Bonchev–Trinajstić information content (AvgIpc) is 3.08. The fourth-order valence-corrected chi connectivity index (χ4v) is 2.82. The van der Waals surface area contributed by atoms with Gasteiger partial charge in [-0.3, -0.25) is 4.79 Å². The van der Waals surface area contributed by atoms with Crippen molar-refractivity contribution in [3.05, 3.63) is 65.4 Å². The van der Waals surface area contributed by atoms with Crippen LogP contribution in [0.3, 0.4) is 0 Å². The van der Waals surface area contributed by atoms with Gasteiger partial charge in [0.2, 0.25) is 0 Å². The van der Waals surface area contributed by atoms with Gasteiger partial charge in [-0.05, 0) is 51.2 Å². The molecule has 3 rings (SSSR count). The third-order valence-corrected chi connectivity index (χ3v) is 3.93. The molecular formula is C18H14O2S. The number of carbonyl (C=O) groups is 1. The van der Waals surface area contributed by atoms with E-state index in [0.717, 1.165) is 17.4 Å². The van der Waals surface area contributed by atoms with Crippen LogP contribution in [0.25, 0.3) is 22.3 Å². The van der Waals surface area contributed by atoms with E-state index in [0.29, 0.717) is 5.75 Å². The summed E-state index contributed by atoms with van der Waals surface area (Å²) in [5, 5.41) is 4.23. The molecule has 3 aromatic rings. The van der Waals surface area contributed by atoms with E-state index < -0.39 is 0 Å². The quantitative estimate of drug-likeness (QED) is 0.640. The average molecular weight is 294 g/mol. The van der Waals surface area contributed by atoms with Gasteiger partial charge < -0.3 is 4.74 Å². The van der Waals surface area contributed by atoms with Crippen molar-refractivity contribution in [3.8, 4) is 28.0 Å².